The topological polar surface area (TPSA) is 53.5 Å². The van der Waals surface area contributed by atoms with Crippen LogP contribution in [0.1, 0.15) is 29.3 Å². The standard InChI is InChI=1S/C23H21N3O2S/c1-14-8-7-11-20(15(14)2)26(16(3)27)23-24-17(13-29-23)12-19-18-9-5-6-10-21(18)25(4)22(19)28/h5-13H,1-4H3/b19-12-. The summed E-state index contributed by atoms with van der Waals surface area (Å²) in [7, 11) is 1.77. The smallest absolute Gasteiger partial charge is 0.258 e. The first kappa shape index (κ1) is 19.1. The number of hydrogen-bond acceptors (Lipinski definition) is 4. The Morgan fingerprint density at radius 1 is 1.14 bits per heavy atom. The molecule has 1 aromatic heterocycles. The van der Waals surface area contributed by atoms with Crippen molar-refractivity contribution in [2.75, 3.05) is 16.8 Å². The first-order valence-electron chi connectivity index (χ1n) is 9.30. The lowest BCUT2D eigenvalue weighted by Crippen LogP contribution is -2.23. The van der Waals surface area contributed by atoms with Crippen molar-refractivity contribution < 1.29 is 9.59 Å². The highest BCUT2D eigenvalue weighted by Crippen LogP contribution is 2.38. The second kappa shape index (κ2) is 7.29. The lowest BCUT2D eigenvalue weighted by Gasteiger charge is -2.21. The number of amides is 2. The van der Waals surface area contributed by atoms with Crippen LogP contribution in [0, 0.1) is 13.8 Å². The number of para-hydroxylation sites is 1. The van der Waals surface area contributed by atoms with Crippen LogP contribution in [0.2, 0.25) is 0 Å². The molecule has 2 heterocycles. The summed E-state index contributed by atoms with van der Waals surface area (Å²) in [5.74, 6) is -0.159. The summed E-state index contributed by atoms with van der Waals surface area (Å²) in [6.45, 7) is 5.56. The number of aryl methyl sites for hydroxylation is 1. The molecule has 0 radical (unpaired) electrons. The second-order valence-corrected chi connectivity index (χ2v) is 7.90. The van der Waals surface area contributed by atoms with Crippen molar-refractivity contribution in [2.45, 2.75) is 20.8 Å². The second-order valence-electron chi connectivity index (χ2n) is 7.07. The van der Waals surface area contributed by atoms with Gasteiger partial charge in [0.15, 0.2) is 5.13 Å². The van der Waals surface area contributed by atoms with Gasteiger partial charge in [-0.25, -0.2) is 4.98 Å². The molecule has 3 aromatic rings. The molecule has 2 aromatic carbocycles. The zero-order valence-corrected chi connectivity index (χ0v) is 17.6. The third kappa shape index (κ3) is 3.25. The summed E-state index contributed by atoms with van der Waals surface area (Å²) in [4.78, 5) is 33.1. The molecule has 1 aliphatic heterocycles. The van der Waals surface area contributed by atoms with E-state index in [4.69, 9.17) is 0 Å². The first-order chi connectivity index (χ1) is 13.9. The molecular weight excluding hydrogens is 382 g/mol. The highest BCUT2D eigenvalue weighted by atomic mass is 32.1. The third-order valence-electron chi connectivity index (χ3n) is 5.22. The minimum absolute atomic E-state index is 0.0568. The van der Waals surface area contributed by atoms with E-state index < -0.39 is 0 Å². The van der Waals surface area contributed by atoms with Crippen molar-refractivity contribution in [1.29, 1.82) is 0 Å². The van der Waals surface area contributed by atoms with E-state index in [0.29, 0.717) is 16.4 Å². The average Bonchev–Trinajstić information content (AvgIpc) is 3.24. The number of aromatic nitrogens is 1. The molecular formula is C23H21N3O2S. The Balaban J connectivity index is 1.75. The first-order valence-corrected chi connectivity index (χ1v) is 10.2. The van der Waals surface area contributed by atoms with Crippen molar-refractivity contribution in [2.24, 2.45) is 0 Å². The van der Waals surface area contributed by atoms with E-state index >= 15 is 0 Å². The van der Waals surface area contributed by atoms with Crippen molar-refractivity contribution in [3.8, 4) is 0 Å². The molecule has 0 aliphatic carbocycles. The van der Waals surface area contributed by atoms with Crippen LogP contribution >= 0.6 is 11.3 Å². The van der Waals surface area contributed by atoms with Gasteiger partial charge >= 0.3 is 0 Å². The summed E-state index contributed by atoms with van der Waals surface area (Å²) in [5.41, 5.74) is 6.04. The highest BCUT2D eigenvalue weighted by Gasteiger charge is 2.29. The molecule has 0 saturated heterocycles. The van der Waals surface area contributed by atoms with E-state index in [1.165, 1.54) is 18.3 Å². The monoisotopic (exact) mass is 403 g/mol. The number of rotatable bonds is 3. The van der Waals surface area contributed by atoms with Gasteiger partial charge in [-0.2, -0.15) is 0 Å². The van der Waals surface area contributed by atoms with Gasteiger partial charge in [0.25, 0.3) is 5.91 Å². The molecule has 0 unspecified atom stereocenters. The van der Waals surface area contributed by atoms with Gasteiger partial charge in [0.05, 0.1) is 22.6 Å². The Kier molecular flexibility index (Phi) is 4.80. The van der Waals surface area contributed by atoms with Gasteiger partial charge in [-0.3, -0.25) is 14.5 Å². The van der Waals surface area contributed by atoms with E-state index in [1.54, 1.807) is 22.9 Å². The van der Waals surface area contributed by atoms with E-state index in [0.717, 1.165) is 28.1 Å². The maximum absolute atomic E-state index is 12.7. The van der Waals surface area contributed by atoms with Gasteiger partial charge in [-0.05, 0) is 43.2 Å². The van der Waals surface area contributed by atoms with E-state index in [1.807, 2.05) is 61.7 Å². The fraction of sp³-hybridized carbons (Fsp3) is 0.174. The van der Waals surface area contributed by atoms with E-state index in [9.17, 15) is 9.59 Å². The molecule has 5 nitrogen and oxygen atoms in total. The lowest BCUT2D eigenvalue weighted by atomic mass is 10.1. The van der Waals surface area contributed by atoms with Gasteiger partial charge in [0.1, 0.15) is 0 Å². The fourth-order valence-corrected chi connectivity index (χ4v) is 4.35. The number of benzene rings is 2. The Hall–Kier alpha value is -3.25. The van der Waals surface area contributed by atoms with E-state index in [2.05, 4.69) is 4.98 Å². The molecule has 0 spiro atoms. The van der Waals surface area contributed by atoms with Crippen molar-refractivity contribution in [3.05, 3.63) is 70.2 Å². The van der Waals surface area contributed by atoms with Gasteiger partial charge in [0, 0.05) is 24.9 Å². The summed E-state index contributed by atoms with van der Waals surface area (Å²) >= 11 is 1.39. The molecule has 1 aliphatic rings. The molecule has 29 heavy (non-hydrogen) atoms. The van der Waals surface area contributed by atoms with Crippen LogP contribution in [0.4, 0.5) is 16.5 Å². The maximum Gasteiger partial charge on any atom is 0.258 e. The van der Waals surface area contributed by atoms with Crippen molar-refractivity contribution in [1.82, 2.24) is 4.98 Å². The number of carbonyl (C=O) groups excluding carboxylic acids is 2. The maximum atomic E-state index is 12.7. The van der Waals surface area contributed by atoms with Gasteiger partial charge in [-0.1, -0.05) is 30.3 Å². The molecule has 0 atom stereocenters. The fourth-order valence-electron chi connectivity index (χ4n) is 3.52. The van der Waals surface area contributed by atoms with Gasteiger partial charge < -0.3 is 4.90 Å². The highest BCUT2D eigenvalue weighted by molar-refractivity contribution is 7.14. The normalized spacial score (nSPS) is 14.4. The average molecular weight is 404 g/mol. The SMILES string of the molecule is CC(=O)N(c1nc(/C=C2\C(=O)N(C)c3ccccc32)cs1)c1cccc(C)c1C. The lowest BCUT2D eigenvalue weighted by molar-refractivity contribution is -0.116. The number of anilines is 3. The summed E-state index contributed by atoms with van der Waals surface area (Å²) in [5, 5.41) is 2.46. The molecule has 4 rings (SSSR count). The molecule has 0 bridgehead atoms. The summed E-state index contributed by atoms with van der Waals surface area (Å²) in [6, 6.07) is 13.6. The van der Waals surface area contributed by atoms with Crippen LogP contribution in [0.25, 0.3) is 11.6 Å². The van der Waals surface area contributed by atoms with Crippen LogP contribution in [0.3, 0.4) is 0 Å². The Bertz CT molecular complexity index is 1160. The molecule has 0 saturated carbocycles. The summed E-state index contributed by atoms with van der Waals surface area (Å²) in [6.07, 6.45) is 1.80. The largest absolute Gasteiger partial charge is 0.311 e. The zero-order chi connectivity index (χ0) is 20.7. The summed E-state index contributed by atoms with van der Waals surface area (Å²) < 4.78 is 0. The van der Waals surface area contributed by atoms with Gasteiger partial charge in [-0.15, -0.1) is 11.3 Å². The molecule has 146 valence electrons. The Morgan fingerprint density at radius 3 is 2.66 bits per heavy atom. The number of hydrogen-bond donors (Lipinski definition) is 0. The van der Waals surface area contributed by atoms with Crippen molar-refractivity contribution >= 4 is 51.3 Å². The van der Waals surface area contributed by atoms with Crippen molar-refractivity contribution in [3.63, 3.8) is 0 Å². The van der Waals surface area contributed by atoms with Crippen LogP contribution in [-0.4, -0.2) is 23.8 Å². The van der Waals surface area contributed by atoms with Crippen LogP contribution in [0.15, 0.2) is 47.8 Å². The molecule has 6 heteroatoms. The number of fused-ring (bicyclic) bond motifs is 1. The van der Waals surface area contributed by atoms with Gasteiger partial charge in [0.2, 0.25) is 5.91 Å². The van der Waals surface area contributed by atoms with E-state index in [-0.39, 0.29) is 11.8 Å². The number of nitrogens with zero attached hydrogens (tertiary/aromatic N) is 3. The predicted molar refractivity (Wildman–Crippen MR) is 119 cm³/mol. The quantitative estimate of drug-likeness (QED) is 0.581. The molecule has 2 amide bonds. The molecule has 0 N–H and O–H groups in total. The third-order valence-corrected chi connectivity index (χ3v) is 6.06. The number of carbonyl (C=O) groups is 2. The Labute approximate surface area is 173 Å². The minimum atomic E-state index is -0.103. The van der Waals surface area contributed by atoms with Crippen LogP contribution in [-0.2, 0) is 9.59 Å². The zero-order valence-electron chi connectivity index (χ0n) is 16.8. The van der Waals surface area contributed by atoms with Crippen LogP contribution in [0.5, 0.6) is 0 Å². The minimum Gasteiger partial charge on any atom is -0.311 e. The number of thiazole rings is 1. The Morgan fingerprint density at radius 2 is 1.90 bits per heavy atom. The van der Waals surface area contributed by atoms with Crippen LogP contribution < -0.4 is 9.80 Å². The molecule has 0 fully saturated rings. The predicted octanol–water partition coefficient (Wildman–Crippen LogP) is 4.96. The number of likely N-dealkylation sites (N-methyl/N-ethyl adjacent to an activating group) is 1.